The number of carbonyl (C=O) groups is 2. The Morgan fingerprint density at radius 2 is 2.00 bits per heavy atom. The summed E-state index contributed by atoms with van der Waals surface area (Å²) in [7, 11) is -3.94. The minimum atomic E-state index is -3.94. The molecule has 2 atom stereocenters. The summed E-state index contributed by atoms with van der Waals surface area (Å²) in [5.41, 5.74) is -0.709. The molecular formula is C14H13Cl2F2N3O4S. The van der Waals surface area contributed by atoms with Gasteiger partial charge in [0.05, 0.1) is 16.4 Å². The molecule has 0 aromatic heterocycles. The number of urea groups is 1. The highest BCUT2D eigenvalue weighted by molar-refractivity contribution is 7.93. The molecule has 2 fully saturated rings. The number of hydrogen-bond acceptors (Lipinski definition) is 4. The van der Waals surface area contributed by atoms with Crippen molar-refractivity contribution in [2.75, 3.05) is 21.4 Å². The maximum atomic E-state index is 14.4. The van der Waals surface area contributed by atoms with E-state index in [1.54, 1.807) is 0 Å². The number of alkyl halides is 2. The van der Waals surface area contributed by atoms with Crippen LogP contribution < -0.4 is 9.62 Å². The molecule has 0 saturated carbocycles. The minimum absolute atomic E-state index is 0.0356. The van der Waals surface area contributed by atoms with Crippen molar-refractivity contribution in [1.29, 1.82) is 0 Å². The van der Waals surface area contributed by atoms with Gasteiger partial charge in [0.25, 0.3) is 5.91 Å². The number of hydrogen-bond donors (Lipinski definition) is 1. The van der Waals surface area contributed by atoms with E-state index in [0.29, 0.717) is 4.90 Å². The summed E-state index contributed by atoms with van der Waals surface area (Å²) in [6, 6.07) is -0.0922. The number of halogens is 4. The standard InChI is InChI=1S/C14H13Cl2F2N3O4S/c15-6-26(24,25)19-10-5-11(9(18)4-8(10)16)21-13(22)12-3-7(17)1-2-20(12)14(21)23/h4-5,7,12,19H,1-3,6H2/t7-,12-/m1/s1. The first kappa shape index (κ1) is 19.1. The Morgan fingerprint density at radius 3 is 2.65 bits per heavy atom. The number of carbonyl (C=O) groups excluding carboxylic acids is 2. The van der Waals surface area contributed by atoms with E-state index >= 15 is 0 Å². The molecule has 0 aliphatic carbocycles. The number of fused-ring (bicyclic) bond motifs is 1. The van der Waals surface area contributed by atoms with Crippen LogP contribution in [-0.2, 0) is 14.8 Å². The number of nitrogens with zero attached hydrogens (tertiary/aromatic N) is 2. The minimum Gasteiger partial charge on any atom is -0.312 e. The van der Waals surface area contributed by atoms with Gasteiger partial charge in [-0.15, -0.1) is 11.6 Å². The molecule has 2 saturated heterocycles. The largest absolute Gasteiger partial charge is 0.332 e. The fraction of sp³-hybridized carbons (Fsp3) is 0.429. The molecule has 26 heavy (non-hydrogen) atoms. The van der Waals surface area contributed by atoms with E-state index in [0.717, 1.165) is 12.1 Å². The van der Waals surface area contributed by atoms with Crippen LogP contribution >= 0.6 is 23.2 Å². The Hall–Kier alpha value is -1.65. The molecule has 0 radical (unpaired) electrons. The summed E-state index contributed by atoms with van der Waals surface area (Å²) in [5, 5.41) is -1.05. The molecular weight excluding hydrogens is 415 g/mol. The maximum Gasteiger partial charge on any atom is 0.332 e. The van der Waals surface area contributed by atoms with Crippen LogP contribution in [0.3, 0.4) is 0 Å². The van der Waals surface area contributed by atoms with Gasteiger partial charge in [0, 0.05) is 13.0 Å². The number of nitrogens with one attached hydrogen (secondary N) is 1. The number of sulfonamides is 1. The average Bonchev–Trinajstić information content (AvgIpc) is 2.81. The third-order valence-corrected chi connectivity index (χ3v) is 6.16. The van der Waals surface area contributed by atoms with Crippen molar-refractivity contribution in [3.63, 3.8) is 0 Å². The number of rotatable bonds is 4. The van der Waals surface area contributed by atoms with Crippen LogP contribution in [0.25, 0.3) is 0 Å². The van der Waals surface area contributed by atoms with Gasteiger partial charge < -0.3 is 4.90 Å². The molecule has 3 amide bonds. The Morgan fingerprint density at radius 1 is 1.31 bits per heavy atom. The van der Waals surface area contributed by atoms with Crippen molar-refractivity contribution in [2.45, 2.75) is 25.1 Å². The molecule has 7 nitrogen and oxygen atoms in total. The zero-order valence-electron chi connectivity index (χ0n) is 13.1. The molecule has 1 N–H and O–H groups in total. The van der Waals surface area contributed by atoms with Crippen LogP contribution in [0.4, 0.5) is 25.0 Å². The number of anilines is 2. The van der Waals surface area contributed by atoms with E-state index in [1.807, 2.05) is 4.72 Å². The molecule has 2 heterocycles. The predicted molar refractivity (Wildman–Crippen MR) is 92.2 cm³/mol. The van der Waals surface area contributed by atoms with E-state index in [9.17, 15) is 26.8 Å². The van der Waals surface area contributed by atoms with Crippen molar-refractivity contribution in [3.8, 4) is 0 Å². The SMILES string of the molecule is O=C1[C@H]2C[C@H](F)CCN2C(=O)N1c1cc(NS(=O)(=O)CCl)c(Cl)cc1F. The second-order valence-corrected chi connectivity index (χ2v) is 8.61. The summed E-state index contributed by atoms with van der Waals surface area (Å²) in [5.74, 6) is -1.77. The van der Waals surface area contributed by atoms with Crippen LogP contribution in [-0.4, -0.2) is 49.2 Å². The lowest BCUT2D eigenvalue weighted by Crippen LogP contribution is -2.42. The maximum absolute atomic E-state index is 14.4. The third kappa shape index (κ3) is 3.33. The van der Waals surface area contributed by atoms with Crippen molar-refractivity contribution in [1.82, 2.24) is 4.90 Å². The van der Waals surface area contributed by atoms with E-state index < -0.39 is 50.9 Å². The number of benzene rings is 1. The summed E-state index contributed by atoms with van der Waals surface area (Å²) in [6.07, 6.45) is -1.30. The van der Waals surface area contributed by atoms with E-state index in [-0.39, 0.29) is 30.1 Å². The first-order chi connectivity index (χ1) is 12.1. The Bertz CT molecular complexity index is 883. The molecule has 12 heteroatoms. The van der Waals surface area contributed by atoms with E-state index in [1.165, 1.54) is 4.90 Å². The zero-order valence-corrected chi connectivity index (χ0v) is 15.4. The second-order valence-electron chi connectivity index (χ2n) is 5.90. The quantitative estimate of drug-likeness (QED) is 0.590. The van der Waals surface area contributed by atoms with E-state index in [2.05, 4.69) is 0 Å². The molecule has 0 bridgehead atoms. The Labute approximate surface area is 157 Å². The molecule has 1 aromatic rings. The van der Waals surface area contributed by atoms with Crippen molar-refractivity contribution < 1.29 is 26.8 Å². The van der Waals surface area contributed by atoms with Gasteiger partial charge in [-0.25, -0.2) is 26.9 Å². The lowest BCUT2D eigenvalue weighted by Gasteiger charge is -2.28. The van der Waals surface area contributed by atoms with Crippen molar-refractivity contribution in [3.05, 3.63) is 23.0 Å². The fourth-order valence-corrected chi connectivity index (χ4v) is 3.94. The van der Waals surface area contributed by atoms with Gasteiger partial charge in [-0.1, -0.05) is 11.6 Å². The monoisotopic (exact) mass is 427 g/mol. The van der Waals surface area contributed by atoms with Gasteiger partial charge in [0.2, 0.25) is 10.0 Å². The van der Waals surface area contributed by atoms with Gasteiger partial charge in [-0.2, -0.15) is 0 Å². The smallest absolute Gasteiger partial charge is 0.312 e. The lowest BCUT2D eigenvalue weighted by molar-refractivity contribution is -0.121. The normalized spacial score (nSPS) is 23.4. The molecule has 0 spiro atoms. The summed E-state index contributed by atoms with van der Waals surface area (Å²) in [6.45, 7) is 0.0356. The second kappa shape index (κ2) is 6.82. The zero-order chi connectivity index (χ0) is 19.2. The van der Waals surface area contributed by atoms with Crippen LogP contribution in [0.2, 0.25) is 5.02 Å². The first-order valence-corrected chi connectivity index (χ1v) is 10.0. The Balaban J connectivity index is 2.01. The molecule has 2 aliphatic heterocycles. The van der Waals surface area contributed by atoms with Crippen LogP contribution in [0, 0.1) is 5.82 Å². The third-order valence-electron chi connectivity index (χ3n) is 4.17. The number of imide groups is 1. The lowest BCUT2D eigenvalue weighted by atomic mass is 10.0. The van der Waals surface area contributed by atoms with E-state index in [4.69, 9.17) is 23.2 Å². The fourth-order valence-electron chi connectivity index (χ4n) is 2.96. The summed E-state index contributed by atoms with van der Waals surface area (Å²) >= 11 is 11.1. The topological polar surface area (TPSA) is 86.8 Å². The average molecular weight is 428 g/mol. The number of piperidine rings is 1. The predicted octanol–water partition coefficient (Wildman–Crippen LogP) is 2.69. The van der Waals surface area contributed by atoms with Crippen LogP contribution in [0.5, 0.6) is 0 Å². The van der Waals surface area contributed by atoms with Crippen LogP contribution in [0.15, 0.2) is 12.1 Å². The van der Waals surface area contributed by atoms with Gasteiger partial charge in [0.15, 0.2) is 0 Å². The first-order valence-electron chi connectivity index (χ1n) is 7.48. The summed E-state index contributed by atoms with van der Waals surface area (Å²) in [4.78, 5) is 26.8. The highest BCUT2D eigenvalue weighted by Gasteiger charge is 2.49. The van der Waals surface area contributed by atoms with Gasteiger partial charge in [-0.3, -0.25) is 9.52 Å². The Kier molecular flexibility index (Phi) is 5.02. The highest BCUT2D eigenvalue weighted by Crippen LogP contribution is 2.36. The molecule has 0 unspecified atom stereocenters. The van der Waals surface area contributed by atoms with Crippen molar-refractivity contribution >= 4 is 56.5 Å². The molecule has 142 valence electrons. The van der Waals surface area contributed by atoms with Gasteiger partial charge in [0.1, 0.15) is 23.2 Å². The molecule has 2 aliphatic rings. The van der Waals surface area contributed by atoms with Gasteiger partial charge in [-0.05, 0) is 18.6 Å². The number of amides is 3. The molecule has 1 aromatic carbocycles. The van der Waals surface area contributed by atoms with Gasteiger partial charge >= 0.3 is 6.03 Å². The summed E-state index contributed by atoms with van der Waals surface area (Å²) < 4.78 is 53.2. The molecule has 3 rings (SSSR count). The van der Waals surface area contributed by atoms with Crippen LogP contribution in [0.1, 0.15) is 12.8 Å². The van der Waals surface area contributed by atoms with Crippen molar-refractivity contribution in [2.24, 2.45) is 0 Å². The highest BCUT2D eigenvalue weighted by atomic mass is 35.5.